The van der Waals surface area contributed by atoms with Gasteiger partial charge in [0.2, 0.25) is 0 Å². The first-order chi connectivity index (χ1) is 8.91. The van der Waals surface area contributed by atoms with E-state index in [0.717, 1.165) is 39.0 Å². The molecule has 19 heavy (non-hydrogen) atoms. The molecule has 1 aliphatic carbocycles. The van der Waals surface area contributed by atoms with Crippen LogP contribution in [0.2, 0.25) is 0 Å². The fourth-order valence-electron chi connectivity index (χ4n) is 2.32. The second-order valence-electron chi connectivity index (χ2n) is 5.64. The molecule has 2 fully saturated rings. The molecular formula is C12H22N4O3. The molecule has 2 amide bonds. The van der Waals surface area contributed by atoms with Gasteiger partial charge in [0.05, 0.1) is 0 Å². The number of carboxylic acids is 1. The summed E-state index contributed by atoms with van der Waals surface area (Å²) in [6, 6.07) is -0.429. The van der Waals surface area contributed by atoms with Crippen molar-refractivity contribution in [2.75, 3.05) is 33.2 Å². The Balaban J connectivity index is 1.84. The minimum atomic E-state index is -1.16. The van der Waals surface area contributed by atoms with Crippen molar-refractivity contribution in [1.29, 1.82) is 0 Å². The molecule has 0 aromatic heterocycles. The summed E-state index contributed by atoms with van der Waals surface area (Å²) in [6.45, 7) is 4.85. The van der Waals surface area contributed by atoms with E-state index >= 15 is 0 Å². The van der Waals surface area contributed by atoms with Crippen molar-refractivity contribution < 1.29 is 14.7 Å². The van der Waals surface area contributed by atoms with Crippen molar-refractivity contribution in [2.24, 2.45) is 5.92 Å². The maximum Gasteiger partial charge on any atom is 0.330 e. The third kappa shape index (κ3) is 3.36. The zero-order chi connectivity index (χ0) is 14.0. The third-order valence-corrected chi connectivity index (χ3v) is 3.97. The molecule has 7 nitrogen and oxygen atoms in total. The van der Waals surface area contributed by atoms with E-state index in [1.807, 2.05) is 12.1 Å². The summed E-state index contributed by atoms with van der Waals surface area (Å²) < 4.78 is 0. The van der Waals surface area contributed by atoms with Crippen LogP contribution in [0.15, 0.2) is 0 Å². The van der Waals surface area contributed by atoms with Crippen LogP contribution in [0.4, 0.5) is 4.79 Å². The van der Waals surface area contributed by atoms with Crippen molar-refractivity contribution in [3.63, 3.8) is 0 Å². The van der Waals surface area contributed by atoms with Crippen LogP contribution in [0.3, 0.4) is 0 Å². The van der Waals surface area contributed by atoms with Crippen molar-refractivity contribution in [3.8, 4) is 0 Å². The van der Waals surface area contributed by atoms with E-state index in [0.29, 0.717) is 0 Å². The zero-order valence-electron chi connectivity index (χ0n) is 11.5. The van der Waals surface area contributed by atoms with E-state index < -0.39 is 17.5 Å². The van der Waals surface area contributed by atoms with Gasteiger partial charge in [0.25, 0.3) is 0 Å². The van der Waals surface area contributed by atoms with Gasteiger partial charge in [0.1, 0.15) is 5.54 Å². The van der Waals surface area contributed by atoms with Crippen LogP contribution in [-0.4, -0.2) is 65.8 Å². The number of nitrogens with one attached hydrogen (secondary N) is 2. The number of hydrogen-bond acceptors (Lipinski definition) is 4. The van der Waals surface area contributed by atoms with Crippen molar-refractivity contribution in [3.05, 3.63) is 0 Å². The fourth-order valence-corrected chi connectivity index (χ4v) is 2.32. The van der Waals surface area contributed by atoms with Crippen LogP contribution in [0.5, 0.6) is 0 Å². The summed E-state index contributed by atoms with van der Waals surface area (Å²) in [4.78, 5) is 25.4. The minimum absolute atomic E-state index is 0.0447. The quantitative estimate of drug-likeness (QED) is 0.653. The Bertz CT molecular complexity index is 364. The lowest BCUT2D eigenvalue weighted by Gasteiger charge is -2.34. The topological polar surface area (TPSA) is 84.9 Å². The van der Waals surface area contributed by atoms with Crippen LogP contribution in [0, 0.1) is 5.92 Å². The number of piperazine rings is 1. The molecule has 0 radical (unpaired) electrons. The Kier molecular flexibility index (Phi) is 3.96. The highest BCUT2D eigenvalue weighted by Gasteiger charge is 2.48. The molecule has 1 saturated carbocycles. The molecule has 1 atom stereocenters. The SMILES string of the molecule is CN1CCN(NC(=O)NC(C)(C(=O)O)C2CC2)CC1. The van der Waals surface area contributed by atoms with Gasteiger partial charge < -0.3 is 15.3 Å². The number of urea groups is 1. The van der Waals surface area contributed by atoms with E-state index in [9.17, 15) is 14.7 Å². The van der Waals surface area contributed by atoms with E-state index in [1.165, 1.54) is 0 Å². The van der Waals surface area contributed by atoms with Gasteiger partial charge in [-0.25, -0.2) is 14.6 Å². The predicted octanol–water partition coefficient (Wildman–Crippen LogP) is -0.299. The minimum Gasteiger partial charge on any atom is -0.480 e. The van der Waals surface area contributed by atoms with Gasteiger partial charge >= 0.3 is 12.0 Å². The highest BCUT2D eigenvalue weighted by atomic mass is 16.4. The Morgan fingerprint density at radius 1 is 1.21 bits per heavy atom. The van der Waals surface area contributed by atoms with Crippen molar-refractivity contribution >= 4 is 12.0 Å². The van der Waals surface area contributed by atoms with Gasteiger partial charge in [-0.05, 0) is 32.7 Å². The maximum absolute atomic E-state index is 11.9. The number of rotatable bonds is 4. The van der Waals surface area contributed by atoms with Crippen LogP contribution < -0.4 is 10.7 Å². The molecule has 0 bridgehead atoms. The third-order valence-electron chi connectivity index (χ3n) is 3.97. The summed E-state index contributed by atoms with van der Waals surface area (Å²) in [5.74, 6) is -0.924. The van der Waals surface area contributed by atoms with E-state index in [4.69, 9.17) is 0 Å². The Hall–Kier alpha value is -1.34. The molecule has 2 rings (SSSR count). The van der Waals surface area contributed by atoms with Gasteiger partial charge in [-0.3, -0.25) is 5.43 Å². The predicted molar refractivity (Wildman–Crippen MR) is 69.5 cm³/mol. The Labute approximate surface area is 112 Å². The van der Waals surface area contributed by atoms with Gasteiger partial charge in [-0.2, -0.15) is 0 Å². The number of aliphatic carboxylic acids is 1. The number of hydrogen-bond donors (Lipinski definition) is 3. The highest BCUT2D eigenvalue weighted by molar-refractivity contribution is 5.86. The molecule has 0 aromatic carbocycles. The first kappa shape index (κ1) is 14.1. The summed E-state index contributed by atoms with van der Waals surface area (Å²) in [6.07, 6.45) is 1.72. The molecule has 0 aromatic rings. The molecule has 7 heteroatoms. The lowest BCUT2D eigenvalue weighted by Crippen LogP contribution is -2.61. The molecule has 2 aliphatic rings. The summed E-state index contributed by atoms with van der Waals surface area (Å²) in [7, 11) is 2.03. The van der Waals surface area contributed by atoms with Crippen LogP contribution in [0.1, 0.15) is 19.8 Å². The maximum atomic E-state index is 11.9. The van der Waals surface area contributed by atoms with Gasteiger partial charge in [0, 0.05) is 26.2 Å². The Morgan fingerprint density at radius 3 is 2.26 bits per heavy atom. The number of amides is 2. The normalized spacial score (nSPS) is 24.5. The molecule has 1 heterocycles. The van der Waals surface area contributed by atoms with E-state index in [1.54, 1.807) is 6.92 Å². The van der Waals surface area contributed by atoms with Crippen LogP contribution in [-0.2, 0) is 4.79 Å². The van der Waals surface area contributed by atoms with Gasteiger partial charge in [-0.15, -0.1) is 0 Å². The summed E-state index contributed by atoms with van der Waals surface area (Å²) >= 11 is 0. The van der Waals surface area contributed by atoms with E-state index in [2.05, 4.69) is 15.6 Å². The average Bonchev–Trinajstić information content (AvgIpc) is 3.16. The molecule has 1 aliphatic heterocycles. The largest absolute Gasteiger partial charge is 0.480 e. The molecule has 3 N–H and O–H groups in total. The zero-order valence-corrected chi connectivity index (χ0v) is 11.5. The summed E-state index contributed by atoms with van der Waals surface area (Å²) in [5, 5.41) is 13.7. The standard InChI is InChI=1S/C12H22N4O3/c1-12(10(17)18,9-3-4-9)13-11(19)14-16-7-5-15(2)6-8-16/h9H,3-8H2,1-2H3,(H,17,18)(H2,13,14,19). The second-order valence-corrected chi connectivity index (χ2v) is 5.64. The lowest BCUT2D eigenvalue weighted by molar-refractivity contribution is -0.144. The fraction of sp³-hybridized carbons (Fsp3) is 0.833. The van der Waals surface area contributed by atoms with Crippen molar-refractivity contribution in [1.82, 2.24) is 20.7 Å². The molecule has 108 valence electrons. The first-order valence-corrected chi connectivity index (χ1v) is 6.67. The lowest BCUT2D eigenvalue weighted by atomic mass is 9.96. The summed E-state index contributed by atoms with van der Waals surface area (Å²) in [5.41, 5.74) is 1.57. The average molecular weight is 270 g/mol. The number of carbonyl (C=O) groups excluding carboxylic acids is 1. The van der Waals surface area contributed by atoms with Crippen LogP contribution in [0.25, 0.3) is 0 Å². The highest BCUT2D eigenvalue weighted by Crippen LogP contribution is 2.39. The smallest absolute Gasteiger partial charge is 0.330 e. The van der Waals surface area contributed by atoms with E-state index in [-0.39, 0.29) is 5.92 Å². The number of carboxylic acid groups (broad SMARTS) is 1. The first-order valence-electron chi connectivity index (χ1n) is 6.67. The van der Waals surface area contributed by atoms with Gasteiger partial charge in [0.15, 0.2) is 0 Å². The second kappa shape index (κ2) is 5.34. The molecule has 0 spiro atoms. The molecule has 1 unspecified atom stereocenters. The monoisotopic (exact) mass is 270 g/mol. The number of hydrazine groups is 1. The van der Waals surface area contributed by atoms with Crippen molar-refractivity contribution in [2.45, 2.75) is 25.3 Å². The number of nitrogens with zero attached hydrogens (tertiary/aromatic N) is 2. The Morgan fingerprint density at radius 2 is 1.79 bits per heavy atom. The molecule has 1 saturated heterocycles. The number of likely N-dealkylation sites (N-methyl/N-ethyl adjacent to an activating group) is 1. The molecular weight excluding hydrogens is 248 g/mol. The number of carbonyl (C=O) groups is 2. The van der Waals surface area contributed by atoms with Gasteiger partial charge in [-0.1, -0.05) is 0 Å². The van der Waals surface area contributed by atoms with Crippen LogP contribution >= 0.6 is 0 Å².